The number of anilines is 1. The number of nitro groups is 1. The second-order valence-corrected chi connectivity index (χ2v) is 6.14. The second kappa shape index (κ2) is 7.31. The van der Waals surface area contributed by atoms with E-state index in [4.69, 9.17) is 0 Å². The maximum absolute atomic E-state index is 12.6. The molecule has 29 heavy (non-hydrogen) atoms. The minimum atomic E-state index is -0.531. The zero-order valence-electron chi connectivity index (χ0n) is 15.1. The summed E-state index contributed by atoms with van der Waals surface area (Å²) in [6, 6.07) is 9.53. The lowest BCUT2D eigenvalue weighted by Gasteiger charge is -2.10. The number of amides is 1. The van der Waals surface area contributed by atoms with Crippen molar-refractivity contribution in [1.82, 2.24) is 29.8 Å². The van der Waals surface area contributed by atoms with Crippen molar-refractivity contribution in [2.24, 2.45) is 0 Å². The van der Waals surface area contributed by atoms with Crippen LogP contribution < -0.4 is 5.32 Å². The first-order chi connectivity index (χ1) is 14.0. The summed E-state index contributed by atoms with van der Waals surface area (Å²) in [6.07, 6.45) is 6.04. The molecular weight excluding hydrogens is 376 g/mol. The topological polar surface area (TPSA) is 134 Å². The molecule has 0 aliphatic carbocycles. The van der Waals surface area contributed by atoms with Gasteiger partial charge in [-0.1, -0.05) is 0 Å². The van der Waals surface area contributed by atoms with E-state index in [1.54, 1.807) is 24.4 Å². The molecule has 11 nitrogen and oxygen atoms in total. The van der Waals surface area contributed by atoms with E-state index in [0.717, 1.165) is 11.3 Å². The Kier molecular flexibility index (Phi) is 4.53. The summed E-state index contributed by atoms with van der Waals surface area (Å²) in [5.41, 5.74) is 2.46. The molecule has 2 aromatic heterocycles. The van der Waals surface area contributed by atoms with E-state index in [9.17, 15) is 14.9 Å². The number of carbonyl (C=O) groups excluding carboxylic acids is 1. The fourth-order valence-electron chi connectivity index (χ4n) is 2.90. The van der Waals surface area contributed by atoms with Crippen LogP contribution in [0.3, 0.4) is 0 Å². The third-order valence-corrected chi connectivity index (χ3v) is 4.27. The summed E-state index contributed by atoms with van der Waals surface area (Å²) in [5, 5.41) is 25.3. The van der Waals surface area contributed by atoms with E-state index in [1.165, 1.54) is 46.3 Å². The van der Waals surface area contributed by atoms with E-state index < -0.39 is 10.8 Å². The summed E-state index contributed by atoms with van der Waals surface area (Å²) in [7, 11) is 0. The van der Waals surface area contributed by atoms with Gasteiger partial charge in [0.15, 0.2) is 0 Å². The van der Waals surface area contributed by atoms with Crippen LogP contribution in [0.4, 0.5) is 11.4 Å². The molecule has 0 spiro atoms. The zero-order valence-corrected chi connectivity index (χ0v) is 15.1. The van der Waals surface area contributed by atoms with Crippen LogP contribution in [0.5, 0.6) is 0 Å². The van der Waals surface area contributed by atoms with Crippen LogP contribution in [0.1, 0.15) is 15.9 Å². The quantitative estimate of drug-likeness (QED) is 0.408. The van der Waals surface area contributed by atoms with Gasteiger partial charge in [0.25, 0.3) is 11.6 Å². The summed E-state index contributed by atoms with van der Waals surface area (Å²) in [4.78, 5) is 27.5. The van der Waals surface area contributed by atoms with Crippen LogP contribution in [0.15, 0.2) is 61.4 Å². The molecule has 0 aliphatic heterocycles. The number of rotatable bonds is 5. The highest BCUT2D eigenvalue weighted by Crippen LogP contribution is 2.25. The Labute approximate surface area is 163 Å². The van der Waals surface area contributed by atoms with Crippen LogP contribution >= 0.6 is 0 Å². The summed E-state index contributed by atoms with van der Waals surface area (Å²) >= 11 is 0. The normalized spacial score (nSPS) is 10.7. The molecule has 144 valence electrons. The highest BCUT2D eigenvalue weighted by atomic mass is 16.6. The van der Waals surface area contributed by atoms with Crippen LogP contribution in [-0.2, 0) is 0 Å². The zero-order chi connectivity index (χ0) is 20.4. The SMILES string of the molecule is Cc1cc(NC(=O)c2ccc(-n3ccnc3)c([N+](=O)[O-])c2)ccc1-n1cnnn1. The molecule has 4 rings (SSSR count). The number of carbonyl (C=O) groups is 1. The monoisotopic (exact) mass is 390 g/mol. The maximum Gasteiger partial charge on any atom is 0.294 e. The third-order valence-electron chi connectivity index (χ3n) is 4.27. The number of aryl methyl sites for hydroxylation is 1. The number of benzene rings is 2. The molecule has 2 heterocycles. The molecule has 0 fully saturated rings. The predicted molar refractivity (Wildman–Crippen MR) is 102 cm³/mol. The standard InChI is InChI=1S/C18H14N8O3/c1-12-8-14(3-5-15(12)25-11-20-22-23-25)21-18(27)13-2-4-16(17(9-13)26(28)29)24-7-6-19-10-24/h2-11H,1H3,(H,21,27). The van der Waals surface area contributed by atoms with Gasteiger partial charge in [-0.15, -0.1) is 5.10 Å². The van der Waals surface area contributed by atoms with Crippen molar-refractivity contribution in [3.05, 3.63) is 82.7 Å². The lowest BCUT2D eigenvalue weighted by Crippen LogP contribution is -2.13. The van der Waals surface area contributed by atoms with Crippen molar-refractivity contribution in [1.29, 1.82) is 0 Å². The lowest BCUT2D eigenvalue weighted by molar-refractivity contribution is -0.384. The Bertz CT molecular complexity index is 1190. The highest BCUT2D eigenvalue weighted by molar-refractivity contribution is 6.05. The van der Waals surface area contributed by atoms with Gasteiger partial charge in [-0.2, -0.15) is 0 Å². The molecule has 0 unspecified atom stereocenters. The number of hydrogen-bond donors (Lipinski definition) is 1. The van der Waals surface area contributed by atoms with Crippen LogP contribution in [0, 0.1) is 17.0 Å². The second-order valence-electron chi connectivity index (χ2n) is 6.14. The minimum absolute atomic E-state index is 0.169. The summed E-state index contributed by atoms with van der Waals surface area (Å²) in [5.74, 6) is -0.458. The van der Waals surface area contributed by atoms with Crippen molar-refractivity contribution in [3.63, 3.8) is 0 Å². The molecule has 0 saturated carbocycles. The molecule has 1 N–H and O–H groups in total. The van der Waals surface area contributed by atoms with E-state index in [-0.39, 0.29) is 11.3 Å². The Morgan fingerprint density at radius 3 is 2.62 bits per heavy atom. The average Bonchev–Trinajstić information content (AvgIpc) is 3.42. The van der Waals surface area contributed by atoms with Crippen LogP contribution in [0.2, 0.25) is 0 Å². The van der Waals surface area contributed by atoms with E-state index in [0.29, 0.717) is 11.4 Å². The van der Waals surface area contributed by atoms with Gasteiger partial charge in [0.05, 0.1) is 16.9 Å². The molecule has 0 radical (unpaired) electrons. The fourth-order valence-corrected chi connectivity index (χ4v) is 2.90. The van der Waals surface area contributed by atoms with E-state index in [2.05, 4.69) is 25.8 Å². The molecule has 2 aromatic carbocycles. The Hall–Kier alpha value is -4.41. The first kappa shape index (κ1) is 18.0. The number of nitrogens with zero attached hydrogens (tertiary/aromatic N) is 7. The average molecular weight is 390 g/mol. The largest absolute Gasteiger partial charge is 0.322 e. The lowest BCUT2D eigenvalue weighted by atomic mass is 10.1. The molecular formula is C18H14N8O3. The first-order valence-electron chi connectivity index (χ1n) is 8.45. The van der Waals surface area contributed by atoms with Crippen LogP contribution in [0.25, 0.3) is 11.4 Å². The Morgan fingerprint density at radius 1 is 1.14 bits per heavy atom. The van der Waals surface area contributed by atoms with Gasteiger partial charge < -0.3 is 9.88 Å². The summed E-state index contributed by atoms with van der Waals surface area (Å²) < 4.78 is 3.03. The number of tetrazole rings is 1. The number of aromatic nitrogens is 6. The molecule has 0 bridgehead atoms. The van der Waals surface area contributed by atoms with Gasteiger partial charge in [0.2, 0.25) is 0 Å². The van der Waals surface area contributed by atoms with E-state index >= 15 is 0 Å². The fraction of sp³-hybridized carbons (Fsp3) is 0.0556. The Balaban J connectivity index is 1.59. The molecule has 11 heteroatoms. The number of nitro benzene ring substituents is 1. The van der Waals surface area contributed by atoms with Gasteiger partial charge in [0, 0.05) is 29.7 Å². The molecule has 0 aliphatic rings. The number of hydrogen-bond acceptors (Lipinski definition) is 7. The predicted octanol–water partition coefficient (Wildman–Crippen LogP) is 2.32. The smallest absolute Gasteiger partial charge is 0.294 e. The van der Waals surface area contributed by atoms with Gasteiger partial charge in [-0.25, -0.2) is 9.67 Å². The van der Waals surface area contributed by atoms with Crippen molar-refractivity contribution in [3.8, 4) is 11.4 Å². The number of nitrogens with one attached hydrogen (secondary N) is 1. The van der Waals surface area contributed by atoms with Gasteiger partial charge in [0.1, 0.15) is 12.0 Å². The first-order valence-corrected chi connectivity index (χ1v) is 8.45. The van der Waals surface area contributed by atoms with Gasteiger partial charge >= 0.3 is 0 Å². The maximum atomic E-state index is 12.6. The van der Waals surface area contributed by atoms with Crippen molar-refractivity contribution in [2.45, 2.75) is 6.92 Å². The van der Waals surface area contributed by atoms with Gasteiger partial charge in [-0.05, 0) is 53.2 Å². The minimum Gasteiger partial charge on any atom is -0.322 e. The molecule has 0 saturated heterocycles. The number of imidazole rings is 1. The van der Waals surface area contributed by atoms with E-state index in [1.807, 2.05) is 6.92 Å². The summed E-state index contributed by atoms with van der Waals surface area (Å²) in [6.45, 7) is 1.86. The van der Waals surface area contributed by atoms with Crippen LogP contribution in [-0.4, -0.2) is 40.6 Å². The van der Waals surface area contributed by atoms with Gasteiger partial charge in [-0.3, -0.25) is 14.9 Å². The van der Waals surface area contributed by atoms with Crippen molar-refractivity contribution >= 4 is 17.3 Å². The molecule has 4 aromatic rings. The highest BCUT2D eigenvalue weighted by Gasteiger charge is 2.19. The van der Waals surface area contributed by atoms with Crippen molar-refractivity contribution in [2.75, 3.05) is 5.32 Å². The molecule has 1 amide bonds. The Morgan fingerprint density at radius 2 is 1.97 bits per heavy atom. The molecule has 0 atom stereocenters. The third kappa shape index (κ3) is 3.56. The van der Waals surface area contributed by atoms with Crippen molar-refractivity contribution < 1.29 is 9.72 Å².